The standard InChI is InChI=1S/C11H13N3/c12-8-11-10(2-1-5-14-11)9-3-6-13-7-4-9/h1-2,5,9,13H,3-4,6-7H2. The second-order valence-corrected chi connectivity index (χ2v) is 3.58. The summed E-state index contributed by atoms with van der Waals surface area (Å²) in [5.41, 5.74) is 1.72. The van der Waals surface area contributed by atoms with Gasteiger partial charge >= 0.3 is 0 Å². The molecule has 2 heterocycles. The lowest BCUT2D eigenvalue weighted by molar-refractivity contribution is 0.459. The van der Waals surface area contributed by atoms with Gasteiger partial charge in [0.15, 0.2) is 0 Å². The van der Waals surface area contributed by atoms with Gasteiger partial charge in [0, 0.05) is 6.20 Å². The second kappa shape index (κ2) is 4.21. The molecular weight excluding hydrogens is 174 g/mol. The molecule has 1 aliphatic rings. The largest absolute Gasteiger partial charge is 0.317 e. The third-order valence-electron chi connectivity index (χ3n) is 2.72. The van der Waals surface area contributed by atoms with Gasteiger partial charge < -0.3 is 5.32 Å². The fraction of sp³-hybridized carbons (Fsp3) is 0.455. The molecule has 1 fully saturated rings. The highest BCUT2D eigenvalue weighted by molar-refractivity contribution is 5.33. The Hall–Kier alpha value is -1.40. The number of nitrogens with zero attached hydrogens (tertiary/aromatic N) is 2. The fourth-order valence-corrected chi connectivity index (χ4v) is 1.97. The first-order valence-electron chi connectivity index (χ1n) is 4.97. The Morgan fingerprint density at radius 3 is 2.93 bits per heavy atom. The number of rotatable bonds is 1. The van der Waals surface area contributed by atoms with Gasteiger partial charge in [0.25, 0.3) is 0 Å². The van der Waals surface area contributed by atoms with Crippen LogP contribution in [-0.2, 0) is 0 Å². The highest BCUT2D eigenvalue weighted by Gasteiger charge is 2.18. The number of nitrogens with one attached hydrogen (secondary N) is 1. The Bertz CT molecular complexity index is 348. The zero-order valence-corrected chi connectivity index (χ0v) is 8.03. The average Bonchev–Trinajstić information content (AvgIpc) is 2.30. The molecule has 3 heteroatoms. The first-order chi connectivity index (χ1) is 6.92. The molecule has 1 N–H and O–H groups in total. The van der Waals surface area contributed by atoms with E-state index in [1.807, 2.05) is 12.1 Å². The summed E-state index contributed by atoms with van der Waals surface area (Å²) < 4.78 is 0. The Labute approximate surface area is 83.8 Å². The summed E-state index contributed by atoms with van der Waals surface area (Å²) in [5.74, 6) is 0.514. The van der Waals surface area contributed by atoms with E-state index in [0.717, 1.165) is 31.5 Å². The Morgan fingerprint density at radius 1 is 1.43 bits per heavy atom. The molecule has 1 aromatic rings. The predicted molar refractivity (Wildman–Crippen MR) is 53.8 cm³/mol. The summed E-state index contributed by atoms with van der Waals surface area (Å²) in [6.07, 6.45) is 3.91. The van der Waals surface area contributed by atoms with E-state index in [9.17, 15) is 0 Å². The van der Waals surface area contributed by atoms with Crippen molar-refractivity contribution < 1.29 is 0 Å². The minimum absolute atomic E-state index is 0.514. The van der Waals surface area contributed by atoms with E-state index in [0.29, 0.717) is 11.6 Å². The van der Waals surface area contributed by atoms with Crippen molar-refractivity contribution in [3.63, 3.8) is 0 Å². The Kier molecular flexibility index (Phi) is 2.76. The van der Waals surface area contributed by atoms with Gasteiger partial charge in [-0.1, -0.05) is 6.07 Å². The third kappa shape index (κ3) is 1.75. The summed E-state index contributed by atoms with van der Waals surface area (Å²) in [4.78, 5) is 4.09. The molecule has 0 atom stereocenters. The molecule has 1 aromatic heterocycles. The summed E-state index contributed by atoms with van der Waals surface area (Å²) in [5, 5.41) is 12.2. The van der Waals surface area contributed by atoms with Crippen LogP contribution in [0.2, 0.25) is 0 Å². The number of pyridine rings is 1. The Morgan fingerprint density at radius 2 is 2.21 bits per heavy atom. The van der Waals surface area contributed by atoms with Gasteiger partial charge in [0.05, 0.1) is 0 Å². The molecule has 0 spiro atoms. The molecule has 14 heavy (non-hydrogen) atoms. The number of piperidine rings is 1. The molecular formula is C11H13N3. The minimum atomic E-state index is 0.514. The lowest BCUT2D eigenvalue weighted by atomic mass is 9.89. The molecule has 0 aliphatic carbocycles. The molecule has 1 aliphatic heterocycles. The fourth-order valence-electron chi connectivity index (χ4n) is 1.97. The second-order valence-electron chi connectivity index (χ2n) is 3.58. The van der Waals surface area contributed by atoms with Crippen LogP contribution >= 0.6 is 0 Å². The van der Waals surface area contributed by atoms with E-state index >= 15 is 0 Å². The summed E-state index contributed by atoms with van der Waals surface area (Å²) in [7, 11) is 0. The van der Waals surface area contributed by atoms with Gasteiger partial charge in [-0.05, 0) is 43.5 Å². The normalized spacial score (nSPS) is 17.6. The van der Waals surface area contributed by atoms with Gasteiger partial charge in [-0.3, -0.25) is 0 Å². The zero-order valence-electron chi connectivity index (χ0n) is 8.03. The van der Waals surface area contributed by atoms with E-state index in [2.05, 4.69) is 16.4 Å². The van der Waals surface area contributed by atoms with Crippen molar-refractivity contribution in [2.45, 2.75) is 18.8 Å². The van der Waals surface area contributed by atoms with Crippen molar-refractivity contribution in [2.24, 2.45) is 0 Å². The highest BCUT2D eigenvalue weighted by atomic mass is 14.9. The van der Waals surface area contributed by atoms with E-state index < -0.39 is 0 Å². The number of aromatic nitrogens is 1. The molecule has 2 rings (SSSR count). The first kappa shape index (κ1) is 9.17. The monoisotopic (exact) mass is 187 g/mol. The van der Waals surface area contributed by atoms with Crippen LogP contribution in [0.3, 0.4) is 0 Å². The molecule has 72 valence electrons. The smallest absolute Gasteiger partial charge is 0.143 e. The SMILES string of the molecule is N#Cc1ncccc1C1CCNCC1. The summed E-state index contributed by atoms with van der Waals surface area (Å²) in [6.45, 7) is 2.09. The molecule has 0 saturated carbocycles. The van der Waals surface area contributed by atoms with Crippen LogP contribution in [0.4, 0.5) is 0 Å². The lowest BCUT2D eigenvalue weighted by Crippen LogP contribution is -2.27. The van der Waals surface area contributed by atoms with Crippen molar-refractivity contribution in [3.05, 3.63) is 29.6 Å². The van der Waals surface area contributed by atoms with Crippen LogP contribution in [0.1, 0.15) is 30.0 Å². The minimum Gasteiger partial charge on any atom is -0.317 e. The quantitative estimate of drug-likeness (QED) is 0.723. The maximum Gasteiger partial charge on any atom is 0.143 e. The van der Waals surface area contributed by atoms with E-state index in [1.54, 1.807) is 6.20 Å². The van der Waals surface area contributed by atoms with E-state index in [-0.39, 0.29) is 0 Å². The maximum atomic E-state index is 8.92. The van der Waals surface area contributed by atoms with Crippen molar-refractivity contribution in [1.29, 1.82) is 5.26 Å². The van der Waals surface area contributed by atoms with Crippen LogP contribution in [-0.4, -0.2) is 18.1 Å². The van der Waals surface area contributed by atoms with Crippen molar-refractivity contribution in [1.82, 2.24) is 10.3 Å². The van der Waals surface area contributed by atoms with Crippen molar-refractivity contribution >= 4 is 0 Å². The summed E-state index contributed by atoms with van der Waals surface area (Å²) >= 11 is 0. The van der Waals surface area contributed by atoms with Gasteiger partial charge in [0.2, 0.25) is 0 Å². The highest BCUT2D eigenvalue weighted by Crippen LogP contribution is 2.26. The first-order valence-corrected chi connectivity index (χ1v) is 4.97. The van der Waals surface area contributed by atoms with Crippen molar-refractivity contribution in [3.8, 4) is 6.07 Å². The maximum absolute atomic E-state index is 8.92. The number of hydrogen-bond donors (Lipinski definition) is 1. The number of hydrogen-bond acceptors (Lipinski definition) is 3. The summed E-state index contributed by atoms with van der Waals surface area (Å²) in [6, 6.07) is 6.11. The van der Waals surface area contributed by atoms with Crippen LogP contribution < -0.4 is 5.32 Å². The molecule has 3 nitrogen and oxygen atoms in total. The molecule has 0 unspecified atom stereocenters. The topological polar surface area (TPSA) is 48.7 Å². The third-order valence-corrected chi connectivity index (χ3v) is 2.72. The molecule has 1 saturated heterocycles. The van der Waals surface area contributed by atoms with Crippen LogP contribution in [0.5, 0.6) is 0 Å². The van der Waals surface area contributed by atoms with Crippen molar-refractivity contribution in [2.75, 3.05) is 13.1 Å². The van der Waals surface area contributed by atoms with E-state index in [1.165, 1.54) is 0 Å². The molecule has 0 radical (unpaired) electrons. The van der Waals surface area contributed by atoms with E-state index in [4.69, 9.17) is 5.26 Å². The number of nitriles is 1. The molecule has 0 bridgehead atoms. The molecule has 0 aromatic carbocycles. The van der Waals surface area contributed by atoms with Gasteiger partial charge in [-0.15, -0.1) is 0 Å². The van der Waals surface area contributed by atoms with Crippen LogP contribution in [0.15, 0.2) is 18.3 Å². The van der Waals surface area contributed by atoms with Gasteiger partial charge in [0.1, 0.15) is 11.8 Å². The van der Waals surface area contributed by atoms with Crippen LogP contribution in [0.25, 0.3) is 0 Å². The average molecular weight is 187 g/mol. The predicted octanol–water partition coefficient (Wildman–Crippen LogP) is 1.42. The zero-order chi connectivity index (χ0) is 9.80. The Balaban J connectivity index is 2.26. The lowest BCUT2D eigenvalue weighted by Gasteiger charge is -2.23. The van der Waals surface area contributed by atoms with Crippen LogP contribution in [0, 0.1) is 11.3 Å². The van der Waals surface area contributed by atoms with Gasteiger partial charge in [-0.25, -0.2) is 4.98 Å². The molecule has 0 amide bonds. The van der Waals surface area contributed by atoms with Gasteiger partial charge in [-0.2, -0.15) is 5.26 Å².